The minimum atomic E-state index is -0.315. The van der Waals surface area contributed by atoms with Crippen molar-refractivity contribution in [3.8, 4) is 5.88 Å². The van der Waals surface area contributed by atoms with Crippen LogP contribution in [0.1, 0.15) is 12.5 Å². The molecule has 0 aromatic carbocycles. The fourth-order valence-corrected chi connectivity index (χ4v) is 2.78. The molecule has 5 nitrogen and oxygen atoms in total. The molecule has 0 radical (unpaired) electrons. The van der Waals surface area contributed by atoms with Gasteiger partial charge in [-0.1, -0.05) is 11.3 Å². The van der Waals surface area contributed by atoms with Gasteiger partial charge in [0.25, 0.3) is 0 Å². The fraction of sp³-hybridized carbons (Fsp3) is 0.364. The maximum Gasteiger partial charge on any atom is 0.302 e. The molecule has 0 saturated heterocycles. The van der Waals surface area contributed by atoms with Crippen LogP contribution in [-0.2, 0) is 9.53 Å². The fourth-order valence-electron chi connectivity index (χ4n) is 1.41. The van der Waals surface area contributed by atoms with Gasteiger partial charge in [-0.2, -0.15) is 0 Å². The monoisotopic (exact) mass is 330 g/mol. The molecule has 2 aromatic heterocycles. The molecule has 0 spiro atoms. The molecule has 0 aliphatic heterocycles. The molecule has 0 bridgehead atoms. The molecule has 7 heteroatoms. The van der Waals surface area contributed by atoms with Crippen LogP contribution in [0.4, 0.5) is 0 Å². The Morgan fingerprint density at radius 2 is 2.22 bits per heavy atom. The van der Waals surface area contributed by atoms with Crippen molar-refractivity contribution in [3.05, 3.63) is 15.5 Å². The number of fused-ring (bicyclic) bond motifs is 1. The maximum atomic E-state index is 10.6. The first-order valence-corrected chi connectivity index (χ1v) is 6.87. The number of ether oxygens (including phenoxy) is 2. The van der Waals surface area contributed by atoms with Crippen molar-refractivity contribution in [1.29, 1.82) is 0 Å². The van der Waals surface area contributed by atoms with Crippen molar-refractivity contribution in [2.24, 2.45) is 0 Å². The topological polar surface area (TPSA) is 61.3 Å². The van der Waals surface area contributed by atoms with E-state index >= 15 is 0 Å². The molecule has 0 unspecified atom stereocenters. The van der Waals surface area contributed by atoms with Crippen LogP contribution in [0.15, 0.2) is 9.98 Å². The second-order valence-corrected chi connectivity index (χ2v) is 5.84. The van der Waals surface area contributed by atoms with E-state index in [0.29, 0.717) is 5.88 Å². The van der Waals surface area contributed by atoms with Gasteiger partial charge in [-0.05, 0) is 28.4 Å². The first-order chi connectivity index (χ1) is 8.56. The lowest BCUT2D eigenvalue weighted by atomic mass is 10.3. The largest absolute Gasteiger partial charge is 0.474 e. The van der Waals surface area contributed by atoms with Crippen molar-refractivity contribution in [1.82, 2.24) is 9.97 Å². The molecule has 2 aromatic rings. The number of rotatable bonds is 4. The number of carbonyl (C=O) groups excluding carboxylic acids is 1. The van der Waals surface area contributed by atoms with Crippen LogP contribution in [0.3, 0.4) is 0 Å². The average Bonchev–Trinajstić information content (AvgIpc) is 2.65. The van der Waals surface area contributed by atoms with E-state index in [0.717, 1.165) is 19.8 Å². The molecule has 0 saturated carbocycles. The highest BCUT2D eigenvalue weighted by Crippen LogP contribution is 2.28. The molecule has 0 N–H and O–H groups in total. The molecule has 0 aliphatic carbocycles. The Labute approximate surface area is 116 Å². The number of hydrogen-bond acceptors (Lipinski definition) is 6. The Morgan fingerprint density at radius 1 is 1.44 bits per heavy atom. The molecule has 18 heavy (non-hydrogen) atoms. The number of pyridine rings is 1. The summed E-state index contributed by atoms with van der Waals surface area (Å²) in [6.07, 6.45) is 0. The zero-order chi connectivity index (χ0) is 13.1. The van der Waals surface area contributed by atoms with Gasteiger partial charge in [-0.25, -0.2) is 9.97 Å². The summed E-state index contributed by atoms with van der Waals surface area (Å²) in [6.45, 7) is 3.83. The van der Waals surface area contributed by atoms with Crippen molar-refractivity contribution < 1.29 is 14.3 Å². The number of esters is 1. The van der Waals surface area contributed by atoms with Gasteiger partial charge in [0.1, 0.15) is 23.6 Å². The lowest BCUT2D eigenvalue weighted by molar-refractivity contribution is -0.141. The van der Waals surface area contributed by atoms with E-state index in [9.17, 15) is 4.79 Å². The SMILES string of the molecule is CC(=O)OCCOc1cc(C)c2nc(Br)sc2n1. The van der Waals surface area contributed by atoms with Crippen LogP contribution in [0.2, 0.25) is 0 Å². The lowest BCUT2D eigenvalue weighted by Gasteiger charge is -2.06. The minimum Gasteiger partial charge on any atom is -0.474 e. The molecule has 2 rings (SSSR count). The van der Waals surface area contributed by atoms with E-state index in [-0.39, 0.29) is 19.2 Å². The molecule has 0 aliphatic rings. The Morgan fingerprint density at radius 3 is 2.94 bits per heavy atom. The Balaban J connectivity index is 2.07. The predicted octanol–water partition coefficient (Wildman–Crippen LogP) is 2.70. The van der Waals surface area contributed by atoms with Crippen LogP contribution in [0.5, 0.6) is 5.88 Å². The average molecular weight is 331 g/mol. The zero-order valence-corrected chi connectivity index (χ0v) is 12.3. The van der Waals surface area contributed by atoms with Crippen molar-refractivity contribution in [2.75, 3.05) is 13.2 Å². The normalized spacial score (nSPS) is 10.6. The summed E-state index contributed by atoms with van der Waals surface area (Å²) < 4.78 is 11.0. The first kappa shape index (κ1) is 13.2. The number of halogens is 1. The third-order valence-corrected chi connectivity index (χ3v) is 3.55. The Hall–Kier alpha value is -1.21. The van der Waals surface area contributed by atoms with E-state index in [1.54, 1.807) is 0 Å². The van der Waals surface area contributed by atoms with E-state index in [4.69, 9.17) is 9.47 Å². The summed E-state index contributed by atoms with van der Waals surface area (Å²) in [7, 11) is 0. The van der Waals surface area contributed by atoms with Crippen LogP contribution in [0, 0.1) is 6.92 Å². The molecular formula is C11H11BrN2O3S. The van der Waals surface area contributed by atoms with E-state index < -0.39 is 0 Å². The van der Waals surface area contributed by atoms with Gasteiger partial charge in [0.05, 0.1) is 0 Å². The van der Waals surface area contributed by atoms with Gasteiger partial charge in [-0.3, -0.25) is 4.79 Å². The summed E-state index contributed by atoms with van der Waals surface area (Å²) in [5.74, 6) is 0.202. The van der Waals surface area contributed by atoms with Gasteiger partial charge >= 0.3 is 5.97 Å². The minimum absolute atomic E-state index is 0.223. The maximum absolute atomic E-state index is 10.6. The quantitative estimate of drug-likeness (QED) is 0.637. The lowest BCUT2D eigenvalue weighted by Crippen LogP contribution is -2.10. The standard InChI is InChI=1S/C11H11BrN2O3S/c1-6-5-8(17-4-3-16-7(2)15)13-10-9(6)14-11(12)18-10/h5H,3-4H2,1-2H3. The van der Waals surface area contributed by atoms with Gasteiger partial charge < -0.3 is 9.47 Å². The van der Waals surface area contributed by atoms with Gasteiger partial charge in [0.2, 0.25) is 5.88 Å². The molecule has 0 atom stereocenters. The summed E-state index contributed by atoms with van der Waals surface area (Å²) in [6, 6.07) is 1.82. The van der Waals surface area contributed by atoms with E-state index in [1.165, 1.54) is 18.3 Å². The van der Waals surface area contributed by atoms with Crippen LogP contribution in [0.25, 0.3) is 10.3 Å². The van der Waals surface area contributed by atoms with Crippen molar-refractivity contribution >= 4 is 43.6 Å². The summed E-state index contributed by atoms with van der Waals surface area (Å²) in [5, 5.41) is 0. The third-order valence-electron chi connectivity index (χ3n) is 2.15. The first-order valence-electron chi connectivity index (χ1n) is 5.26. The van der Waals surface area contributed by atoms with Gasteiger partial charge in [0, 0.05) is 13.0 Å². The third kappa shape index (κ3) is 3.17. The van der Waals surface area contributed by atoms with Gasteiger partial charge in [-0.15, -0.1) is 0 Å². The molecular weight excluding hydrogens is 320 g/mol. The highest BCUT2D eigenvalue weighted by Gasteiger charge is 2.08. The zero-order valence-electron chi connectivity index (χ0n) is 9.90. The number of carbonyl (C=O) groups is 1. The van der Waals surface area contributed by atoms with E-state index in [1.807, 2.05) is 13.0 Å². The second kappa shape index (κ2) is 5.62. The van der Waals surface area contributed by atoms with Crippen LogP contribution in [-0.4, -0.2) is 29.2 Å². The Bertz CT molecular complexity index is 585. The molecule has 96 valence electrons. The van der Waals surface area contributed by atoms with Crippen LogP contribution >= 0.6 is 27.3 Å². The number of nitrogens with zero attached hydrogens (tertiary/aromatic N) is 2. The molecule has 0 fully saturated rings. The predicted molar refractivity (Wildman–Crippen MR) is 72.0 cm³/mol. The number of aryl methyl sites for hydroxylation is 1. The van der Waals surface area contributed by atoms with Crippen molar-refractivity contribution in [3.63, 3.8) is 0 Å². The van der Waals surface area contributed by atoms with Crippen LogP contribution < -0.4 is 4.74 Å². The smallest absolute Gasteiger partial charge is 0.302 e. The van der Waals surface area contributed by atoms with Gasteiger partial charge in [0.15, 0.2) is 3.92 Å². The highest BCUT2D eigenvalue weighted by atomic mass is 79.9. The number of aromatic nitrogens is 2. The highest BCUT2D eigenvalue weighted by molar-refractivity contribution is 9.11. The van der Waals surface area contributed by atoms with E-state index in [2.05, 4.69) is 25.9 Å². The number of thiazole rings is 1. The number of hydrogen-bond donors (Lipinski definition) is 0. The Kier molecular flexibility index (Phi) is 4.13. The summed E-state index contributed by atoms with van der Waals surface area (Å²) >= 11 is 4.79. The second-order valence-electron chi connectivity index (χ2n) is 3.59. The summed E-state index contributed by atoms with van der Waals surface area (Å²) in [4.78, 5) is 20.1. The summed E-state index contributed by atoms with van der Waals surface area (Å²) in [5.41, 5.74) is 1.88. The molecule has 0 amide bonds. The molecule has 2 heterocycles. The van der Waals surface area contributed by atoms with Crippen molar-refractivity contribution in [2.45, 2.75) is 13.8 Å².